The molecule has 3 rings (SSSR count). The maximum absolute atomic E-state index is 12.8. The number of rotatable bonds is 6. The molecular weight excluding hydrogens is 362 g/mol. The predicted octanol–water partition coefficient (Wildman–Crippen LogP) is 3.11. The maximum atomic E-state index is 12.8. The van der Waals surface area contributed by atoms with E-state index in [0.717, 1.165) is 0 Å². The molecule has 0 saturated carbocycles. The lowest BCUT2D eigenvalue weighted by Crippen LogP contribution is -2.25. The summed E-state index contributed by atoms with van der Waals surface area (Å²) in [5.41, 5.74) is 2.34. The van der Waals surface area contributed by atoms with Crippen LogP contribution in [0.1, 0.15) is 56.4 Å². The number of fused-ring (bicyclic) bond motifs is 1. The van der Waals surface area contributed by atoms with Crippen LogP contribution in [0.25, 0.3) is 10.9 Å². The van der Waals surface area contributed by atoms with Crippen LogP contribution in [0.2, 0.25) is 0 Å². The fraction of sp³-hybridized carbons (Fsp3) is 0.300. The van der Waals surface area contributed by atoms with Crippen LogP contribution in [0.3, 0.4) is 0 Å². The number of H-pyrrole nitrogens is 2. The molecule has 8 nitrogen and oxygen atoms in total. The van der Waals surface area contributed by atoms with Crippen LogP contribution in [0.5, 0.6) is 0 Å². The molecule has 1 aromatic carbocycles. The normalized spacial score (nSPS) is 12.0. The van der Waals surface area contributed by atoms with Crippen molar-refractivity contribution in [1.82, 2.24) is 15.2 Å². The van der Waals surface area contributed by atoms with Gasteiger partial charge in [0.05, 0.1) is 23.4 Å². The van der Waals surface area contributed by atoms with Crippen molar-refractivity contribution in [3.8, 4) is 0 Å². The molecule has 0 fully saturated rings. The average molecular weight is 383 g/mol. The van der Waals surface area contributed by atoms with Gasteiger partial charge in [0.25, 0.3) is 0 Å². The highest BCUT2D eigenvalue weighted by atomic mass is 16.5. The Kier molecular flexibility index (Phi) is 5.30. The Balaban J connectivity index is 1.80. The largest absolute Gasteiger partial charge is 0.462 e. The minimum Gasteiger partial charge on any atom is -0.462 e. The zero-order valence-corrected chi connectivity index (χ0v) is 16.1. The van der Waals surface area contributed by atoms with E-state index in [0.29, 0.717) is 27.7 Å². The summed E-state index contributed by atoms with van der Waals surface area (Å²) in [6.45, 7) is 6.76. The summed E-state index contributed by atoms with van der Waals surface area (Å²) in [5, 5.41) is 7.35. The zero-order valence-electron chi connectivity index (χ0n) is 16.1. The van der Waals surface area contributed by atoms with Crippen molar-refractivity contribution < 1.29 is 23.9 Å². The smallest absolute Gasteiger partial charge is 0.360 e. The molecule has 0 aliphatic heterocycles. The van der Waals surface area contributed by atoms with E-state index in [1.54, 1.807) is 39.0 Å². The Bertz CT molecular complexity index is 1060. The van der Waals surface area contributed by atoms with Crippen LogP contribution < -0.4 is 0 Å². The van der Waals surface area contributed by atoms with Gasteiger partial charge in [-0.2, -0.15) is 5.10 Å². The molecule has 28 heavy (non-hydrogen) atoms. The molecule has 0 unspecified atom stereocenters. The van der Waals surface area contributed by atoms with Gasteiger partial charge in [0.2, 0.25) is 5.78 Å². The van der Waals surface area contributed by atoms with Gasteiger partial charge in [0, 0.05) is 11.1 Å². The van der Waals surface area contributed by atoms with E-state index in [4.69, 9.17) is 9.47 Å². The van der Waals surface area contributed by atoms with E-state index in [1.807, 2.05) is 6.07 Å². The highest BCUT2D eigenvalue weighted by molar-refractivity contribution is 6.06. The number of Topliss-reactive ketones (excluding diaryl/α,β-unsaturated/α-hetero) is 1. The fourth-order valence-corrected chi connectivity index (χ4v) is 3.10. The van der Waals surface area contributed by atoms with Crippen LogP contribution in [0.15, 0.2) is 24.3 Å². The molecule has 2 heterocycles. The van der Waals surface area contributed by atoms with Crippen LogP contribution in [0.4, 0.5) is 0 Å². The number of benzene rings is 1. The van der Waals surface area contributed by atoms with E-state index >= 15 is 0 Å². The van der Waals surface area contributed by atoms with E-state index in [-0.39, 0.29) is 18.0 Å². The van der Waals surface area contributed by atoms with Crippen LogP contribution >= 0.6 is 0 Å². The molecule has 2 N–H and O–H groups in total. The fourth-order valence-electron chi connectivity index (χ4n) is 3.10. The average Bonchev–Trinajstić information content (AvgIpc) is 3.22. The molecule has 1 atom stereocenters. The number of carbonyl (C=O) groups is 3. The second-order valence-corrected chi connectivity index (χ2v) is 6.38. The lowest BCUT2D eigenvalue weighted by molar-refractivity contribution is 0.0312. The minimum atomic E-state index is -1.06. The summed E-state index contributed by atoms with van der Waals surface area (Å²) in [7, 11) is 0. The third kappa shape index (κ3) is 3.40. The topological polar surface area (TPSA) is 114 Å². The van der Waals surface area contributed by atoms with Gasteiger partial charge in [-0.25, -0.2) is 9.59 Å². The molecule has 3 aromatic rings. The molecule has 146 valence electrons. The van der Waals surface area contributed by atoms with Crippen molar-refractivity contribution in [3.05, 3.63) is 52.5 Å². The summed E-state index contributed by atoms with van der Waals surface area (Å²) >= 11 is 0. The first-order valence-electron chi connectivity index (χ1n) is 8.89. The molecule has 0 bridgehead atoms. The summed E-state index contributed by atoms with van der Waals surface area (Å²) in [5.74, 6) is -1.64. The number of ketones is 1. The van der Waals surface area contributed by atoms with Gasteiger partial charge in [0.1, 0.15) is 0 Å². The summed E-state index contributed by atoms with van der Waals surface area (Å²) < 4.78 is 10.4. The number of nitrogens with one attached hydrogen (secondary N) is 2. The third-order valence-corrected chi connectivity index (χ3v) is 4.48. The summed E-state index contributed by atoms with van der Waals surface area (Å²) in [6, 6.07) is 7.13. The van der Waals surface area contributed by atoms with Gasteiger partial charge in [-0.1, -0.05) is 18.2 Å². The zero-order chi connectivity index (χ0) is 20.4. The molecular formula is C20H21N3O5. The Labute approximate surface area is 161 Å². The molecule has 8 heteroatoms. The van der Waals surface area contributed by atoms with E-state index in [1.165, 1.54) is 6.92 Å². The van der Waals surface area contributed by atoms with E-state index < -0.39 is 23.8 Å². The predicted molar refractivity (Wildman–Crippen MR) is 102 cm³/mol. The number of hydrogen-bond donors (Lipinski definition) is 2. The van der Waals surface area contributed by atoms with Crippen molar-refractivity contribution >= 4 is 28.6 Å². The second-order valence-electron chi connectivity index (χ2n) is 6.38. The van der Waals surface area contributed by atoms with Crippen molar-refractivity contribution in [2.24, 2.45) is 0 Å². The van der Waals surface area contributed by atoms with Gasteiger partial charge in [-0.05, 0) is 39.3 Å². The van der Waals surface area contributed by atoms with Gasteiger partial charge in [-0.3, -0.25) is 9.89 Å². The van der Waals surface area contributed by atoms with E-state index in [2.05, 4.69) is 15.2 Å². The van der Waals surface area contributed by atoms with Gasteiger partial charge < -0.3 is 14.5 Å². The molecule has 0 radical (unpaired) electrons. The molecule has 0 spiro atoms. The van der Waals surface area contributed by atoms with Gasteiger partial charge in [-0.15, -0.1) is 0 Å². The first-order valence-corrected chi connectivity index (χ1v) is 8.89. The molecule has 2 aromatic heterocycles. The van der Waals surface area contributed by atoms with E-state index in [9.17, 15) is 14.4 Å². The van der Waals surface area contributed by atoms with Crippen LogP contribution in [-0.2, 0) is 9.47 Å². The number of aromatic amines is 2. The quantitative estimate of drug-likeness (QED) is 0.499. The maximum Gasteiger partial charge on any atom is 0.360 e. The SMILES string of the molecule is CCOC(=O)c1c(C)[nH]c(C(=O)[C@H](C)OC(=O)c2n[nH]c3ccccc23)c1C. The number of nitrogens with zero attached hydrogens (tertiary/aromatic N) is 1. The van der Waals surface area contributed by atoms with Crippen molar-refractivity contribution in [3.63, 3.8) is 0 Å². The summed E-state index contributed by atoms with van der Waals surface area (Å²) in [6.07, 6.45) is -1.06. The monoisotopic (exact) mass is 383 g/mol. The lowest BCUT2D eigenvalue weighted by atomic mass is 10.1. The molecule has 0 aliphatic carbocycles. The second kappa shape index (κ2) is 7.67. The Morgan fingerprint density at radius 3 is 2.57 bits per heavy atom. The van der Waals surface area contributed by atoms with Crippen molar-refractivity contribution in [2.75, 3.05) is 6.61 Å². The number of carbonyl (C=O) groups excluding carboxylic acids is 3. The van der Waals surface area contributed by atoms with Crippen LogP contribution in [0, 0.1) is 13.8 Å². The number of aromatic nitrogens is 3. The standard InChI is InChI=1S/C20H21N3O5/c1-5-27-19(25)15-10(2)16(21-11(15)3)18(24)12(4)28-20(26)17-13-8-6-7-9-14(13)22-23-17/h6-9,12,21H,5H2,1-4H3,(H,22,23)/t12-/m0/s1. The van der Waals surface area contributed by atoms with Crippen LogP contribution in [-0.4, -0.2) is 45.6 Å². The molecule has 0 saturated heterocycles. The van der Waals surface area contributed by atoms with Gasteiger partial charge in [0.15, 0.2) is 11.8 Å². The Morgan fingerprint density at radius 1 is 1.14 bits per heavy atom. The Hall–Kier alpha value is -3.42. The number of hydrogen-bond acceptors (Lipinski definition) is 6. The highest BCUT2D eigenvalue weighted by Gasteiger charge is 2.28. The highest BCUT2D eigenvalue weighted by Crippen LogP contribution is 2.22. The molecule has 0 amide bonds. The number of para-hydroxylation sites is 1. The number of ether oxygens (including phenoxy) is 2. The van der Waals surface area contributed by atoms with Crippen molar-refractivity contribution in [1.29, 1.82) is 0 Å². The lowest BCUT2D eigenvalue weighted by Gasteiger charge is -2.11. The first-order chi connectivity index (χ1) is 13.3. The number of esters is 2. The third-order valence-electron chi connectivity index (χ3n) is 4.48. The number of aryl methyl sites for hydroxylation is 1. The first kappa shape index (κ1) is 19.3. The van der Waals surface area contributed by atoms with Crippen molar-refractivity contribution in [2.45, 2.75) is 33.8 Å². The summed E-state index contributed by atoms with van der Waals surface area (Å²) in [4.78, 5) is 40.3. The Morgan fingerprint density at radius 2 is 1.86 bits per heavy atom. The van der Waals surface area contributed by atoms with Gasteiger partial charge >= 0.3 is 11.9 Å². The molecule has 0 aliphatic rings. The minimum absolute atomic E-state index is 0.113.